The molecule has 2 aromatic heterocycles. The smallest absolute Gasteiger partial charge is 0.243 e. The van der Waals surface area contributed by atoms with Crippen molar-refractivity contribution in [2.75, 3.05) is 26.2 Å². The van der Waals surface area contributed by atoms with Gasteiger partial charge in [0.1, 0.15) is 18.1 Å². The fourth-order valence-electron chi connectivity index (χ4n) is 4.13. The largest absolute Gasteiger partial charge is 0.340 e. The lowest BCUT2D eigenvalue weighted by molar-refractivity contribution is -0.131. The van der Waals surface area contributed by atoms with E-state index in [1.54, 1.807) is 10.4 Å². The fraction of sp³-hybridized carbons (Fsp3) is 0.261. The highest BCUT2D eigenvalue weighted by Crippen LogP contribution is 2.25. The van der Waals surface area contributed by atoms with Crippen LogP contribution in [0.1, 0.15) is 6.42 Å². The molecule has 1 saturated heterocycles. The zero-order valence-electron chi connectivity index (χ0n) is 18.2. The molecule has 1 fully saturated rings. The Morgan fingerprint density at radius 2 is 1.82 bits per heavy atom. The summed E-state index contributed by atoms with van der Waals surface area (Å²) in [6.07, 6.45) is 0.510. The molecule has 2 aromatic carbocycles. The van der Waals surface area contributed by atoms with Gasteiger partial charge in [-0.15, -0.1) is 11.3 Å². The third-order valence-corrected chi connectivity index (χ3v) is 8.37. The highest BCUT2D eigenvalue weighted by atomic mass is 32.2. The normalized spacial score (nSPS) is 15.5. The van der Waals surface area contributed by atoms with Crippen molar-refractivity contribution in [1.82, 2.24) is 23.7 Å². The van der Waals surface area contributed by atoms with Gasteiger partial charge in [0.2, 0.25) is 15.9 Å². The van der Waals surface area contributed by atoms with Gasteiger partial charge in [-0.25, -0.2) is 22.8 Å². The van der Waals surface area contributed by atoms with Crippen LogP contribution in [0.25, 0.3) is 22.6 Å². The van der Waals surface area contributed by atoms with Crippen LogP contribution < -0.4 is 0 Å². The van der Waals surface area contributed by atoms with Crippen LogP contribution in [0.15, 0.2) is 64.3 Å². The first-order chi connectivity index (χ1) is 16.4. The van der Waals surface area contributed by atoms with Gasteiger partial charge in [0.25, 0.3) is 0 Å². The summed E-state index contributed by atoms with van der Waals surface area (Å²) in [5.74, 6) is 0.0300. The third-order valence-electron chi connectivity index (χ3n) is 5.87. The van der Waals surface area contributed by atoms with E-state index in [0.29, 0.717) is 31.0 Å². The SMILES string of the molecule is O=C(Cn1c(-c2cscn2)nc2ccccc21)N1CCCN(S(=O)(=O)c2ccc(F)cc2)CC1. The summed E-state index contributed by atoms with van der Waals surface area (Å²) in [7, 11) is -3.76. The van der Waals surface area contributed by atoms with Gasteiger partial charge in [0.05, 0.1) is 21.4 Å². The molecule has 8 nitrogen and oxygen atoms in total. The molecule has 0 N–H and O–H groups in total. The van der Waals surface area contributed by atoms with E-state index in [9.17, 15) is 17.6 Å². The lowest BCUT2D eigenvalue weighted by Gasteiger charge is -2.22. The van der Waals surface area contributed by atoms with E-state index in [4.69, 9.17) is 0 Å². The predicted molar refractivity (Wildman–Crippen MR) is 127 cm³/mol. The number of halogens is 1. The van der Waals surface area contributed by atoms with Gasteiger partial charge in [-0.1, -0.05) is 12.1 Å². The van der Waals surface area contributed by atoms with Crippen LogP contribution in [0.2, 0.25) is 0 Å². The number of benzene rings is 2. The number of carbonyl (C=O) groups is 1. The Labute approximate surface area is 200 Å². The van der Waals surface area contributed by atoms with Crippen molar-refractivity contribution in [2.24, 2.45) is 0 Å². The second-order valence-corrected chi connectivity index (χ2v) is 10.6. The number of hydrogen-bond donors (Lipinski definition) is 0. The second kappa shape index (κ2) is 9.24. The molecule has 34 heavy (non-hydrogen) atoms. The fourth-order valence-corrected chi connectivity index (χ4v) is 6.13. The lowest BCUT2D eigenvalue weighted by atomic mass is 10.3. The summed E-state index contributed by atoms with van der Waals surface area (Å²) in [6.45, 7) is 1.28. The molecule has 0 atom stereocenters. The number of para-hydroxylation sites is 2. The topological polar surface area (TPSA) is 88.4 Å². The Morgan fingerprint density at radius 3 is 2.59 bits per heavy atom. The number of fused-ring (bicyclic) bond motifs is 1. The van der Waals surface area contributed by atoms with Crippen molar-refractivity contribution in [3.8, 4) is 11.5 Å². The number of imidazole rings is 1. The Hall–Kier alpha value is -3.15. The summed E-state index contributed by atoms with van der Waals surface area (Å²) >= 11 is 1.46. The summed E-state index contributed by atoms with van der Waals surface area (Å²) in [5, 5.41) is 1.90. The summed E-state index contributed by atoms with van der Waals surface area (Å²) in [5.41, 5.74) is 4.06. The van der Waals surface area contributed by atoms with Crippen molar-refractivity contribution >= 4 is 38.3 Å². The Morgan fingerprint density at radius 1 is 1.03 bits per heavy atom. The molecular formula is C23H22FN5O3S2. The maximum Gasteiger partial charge on any atom is 0.243 e. The molecule has 1 amide bonds. The van der Waals surface area contributed by atoms with E-state index in [1.807, 2.05) is 34.2 Å². The van der Waals surface area contributed by atoms with Crippen molar-refractivity contribution < 1.29 is 17.6 Å². The summed E-state index contributed by atoms with van der Waals surface area (Å²) in [6, 6.07) is 12.4. The number of carbonyl (C=O) groups excluding carboxylic acids is 1. The molecule has 1 aliphatic rings. The van der Waals surface area contributed by atoms with Gasteiger partial charge < -0.3 is 9.47 Å². The van der Waals surface area contributed by atoms with E-state index >= 15 is 0 Å². The maximum absolute atomic E-state index is 13.3. The number of rotatable bonds is 5. The van der Waals surface area contributed by atoms with Crippen LogP contribution in [-0.4, -0.2) is 64.2 Å². The van der Waals surface area contributed by atoms with Crippen LogP contribution in [-0.2, 0) is 21.4 Å². The average Bonchev–Trinajstić information content (AvgIpc) is 3.40. The lowest BCUT2D eigenvalue weighted by Crippen LogP contribution is -2.38. The van der Waals surface area contributed by atoms with E-state index < -0.39 is 15.8 Å². The maximum atomic E-state index is 13.3. The van der Waals surface area contributed by atoms with Crippen LogP contribution in [0.3, 0.4) is 0 Å². The van der Waals surface area contributed by atoms with Crippen LogP contribution in [0.4, 0.5) is 4.39 Å². The van der Waals surface area contributed by atoms with Crippen molar-refractivity contribution in [3.63, 3.8) is 0 Å². The molecule has 1 aliphatic heterocycles. The molecule has 3 heterocycles. The summed E-state index contributed by atoms with van der Waals surface area (Å²) < 4.78 is 42.4. The Bertz CT molecular complexity index is 1420. The third kappa shape index (κ3) is 4.33. The summed E-state index contributed by atoms with van der Waals surface area (Å²) in [4.78, 5) is 24.1. The number of aromatic nitrogens is 3. The molecule has 4 aromatic rings. The van der Waals surface area contributed by atoms with Gasteiger partial charge in [-0.2, -0.15) is 4.31 Å². The van der Waals surface area contributed by atoms with Crippen molar-refractivity contribution in [3.05, 3.63) is 65.2 Å². The minimum absolute atomic E-state index is 0.0477. The molecule has 0 aliphatic carbocycles. The quantitative estimate of drug-likeness (QED) is 0.421. The molecular weight excluding hydrogens is 477 g/mol. The van der Waals surface area contributed by atoms with E-state index in [1.165, 1.54) is 27.8 Å². The van der Waals surface area contributed by atoms with Gasteiger partial charge in [-0.05, 0) is 42.8 Å². The van der Waals surface area contributed by atoms with Crippen molar-refractivity contribution in [1.29, 1.82) is 0 Å². The molecule has 0 unspecified atom stereocenters. The second-order valence-electron chi connectivity index (χ2n) is 7.98. The molecule has 0 bridgehead atoms. The minimum Gasteiger partial charge on any atom is -0.340 e. The average molecular weight is 500 g/mol. The molecule has 0 radical (unpaired) electrons. The van der Waals surface area contributed by atoms with Crippen LogP contribution in [0.5, 0.6) is 0 Å². The molecule has 0 spiro atoms. The monoisotopic (exact) mass is 499 g/mol. The highest BCUT2D eigenvalue weighted by molar-refractivity contribution is 7.89. The van der Waals surface area contributed by atoms with Gasteiger partial charge >= 0.3 is 0 Å². The number of sulfonamides is 1. The number of amides is 1. The van der Waals surface area contributed by atoms with Gasteiger partial charge in [0, 0.05) is 31.6 Å². The number of thiazole rings is 1. The zero-order chi connectivity index (χ0) is 23.7. The molecule has 11 heteroatoms. The Kier molecular flexibility index (Phi) is 6.15. The first-order valence-electron chi connectivity index (χ1n) is 10.8. The highest BCUT2D eigenvalue weighted by Gasteiger charge is 2.29. The van der Waals surface area contributed by atoms with Crippen molar-refractivity contribution in [2.45, 2.75) is 17.9 Å². The van der Waals surface area contributed by atoms with Gasteiger partial charge in [0.15, 0.2) is 5.82 Å². The van der Waals surface area contributed by atoms with E-state index in [-0.39, 0.29) is 30.4 Å². The minimum atomic E-state index is -3.76. The van der Waals surface area contributed by atoms with Crippen LogP contribution in [0, 0.1) is 5.82 Å². The first kappa shape index (κ1) is 22.6. The van der Waals surface area contributed by atoms with Gasteiger partial charge in [-0.3, -0.25) is 4.79 Å². The molecule has 5 rings (SSSR count). The van der Waals surface area contributed by atoms with E-state index in [2.05, 4.69) is 9.97 Å². The van der Waals surface area contributed by atoms with E-state index in [0.717, 1.165) is 23.2 Å². The number of hydrogen-bond acceptors (Lipinski definition) is 6. The standard InChI is InChI=1S/C23H22FN5O3S2/c24-17-6-8-18(9-7-17)34(31,32)28-11-3-10-27(12-13-28)22(30)14-29-21-5-2-1-4-19(21)26-23(29)20-15-33-16-25-20/h1-2,4-9,15-16H,3,10-14H2. The number of nitrogens with zero attached hydrogens (tertiary/aromatic N) is 5. The zero-order valence-corrected chi connectivity index (χ0v) is 19.8. The molecule has 176 valence electrons. The predicted octanol–water partition coefficient (Wildman–Crippen LogP) is 3.22. The first-order valence-corrected chi connectivity index (χ1v) is 13.2. The van der Waals surface area contributed by atoms with Crippen LogP contribution >= 0.6 is 11.3 Å². The molecule has 0 saturated carbocycles. The Balaban J connectivity index is 1.35.